The molecule has 1 aliphatic rings. The van der Waals surface area contributed by atoms with Crippen molar-refractivity contribution in [2.75, 3.05) is 0 Å². The standard InChI is InChI=1S/C17H18N2O4S/c1-13-7-10-16(11-17(13)19(20)21)24(22,23)18(15-8-9-15)12-14-5-3-2-4-6-14/h2-7,10-11,15H,8-9,12H2,1H3. The number of nitro groups is 1. The Morgan fingerprint density at radius 2 is 1.83 bits per heavy atom. The summed E-state index contributed by atoms with van der Waals surface area (Å²) in [5, 5.41) is 11.1. The maximum atomic E-state index is 13.0. The second kappa shape index (κ2) is 6.33. The highest BCUT2D eigenvalue weighted by atomic mass is 32.2. The van der Waals surface area contributed by atoms with E-state index < -0.39 is 14.9 Å². The summed E-state index contributed by atoms with van der Waals surface area (Å²) in [6, 6.07) is 13.4. The number of benzene rings is 2. The Kier molecular flexibility index (Phi) is 4.38. The molecule has 0 heterocycles. The molecule has 126 valence electrons. The van der Waals surface area contributed by atoms with Crippen LogP contribution in [0.15, 0.2) is 53.4 Å². The minimum absolute atomic E-state index is 0.0253. The molecule has 0 saturated heterocycles. The van der Waals surface area contributed by atoms with Crippen molar-refractivity contribution in [1.29, 1.82) is 0 Å². The lowest BCUT2D eigenvalue weighted by Gasteiger charge is -2.22. The zero-order valence-corrected chi connectivity index (χ0v) is 14.1. The fraction of sp³-hybridized carbons (Fsp3) is 0.294. The molecule has 0 N–H and O–H groups in total. The average molecular weight is 346 g/mol. The number of hydrogen-bond acceptors (Lipinski definition) is 4. The molecule has 2 aromatic rings. The van der Waals surface area contributed by atoms with E-state index in [1.165, 1.54) is 16.4 Å². The number of sulfonamides is 1. The number of nitro benzene ring substituents is 1. The van der Waals surface area contributed by atoms with E-state index in [1.54, 1.807) is 6.92 Å². The number of hydrogen-bond donors (Lipinski definition) is 0. The molecule has 7 heteroatoms. The Morgan fingerprint density at radius 1 is 1.17 bits per heavy atom. The normalized spacial score (nSPS) is 14.8. The van der Waals surface area contributed by atoms with Crippen molar-refractivity contribution in [3.8, 4) is 0 Å². The smallest absolute Gasteiger partial charge is 0.258 e. The van der Waals surface area contributed by atoms with E-state index in [9.17, 15) is 18.5 Å². The fourth-order valence-electron chi connectivity index (χ4n) is 2.62. The number of rotatable bonds is 6. The summed E-state index contributed by atoms with van der Waals surface area (Å²) in [5.74, 6) is 0. The molecule has 24 heavy (non-hydrogen) atoms. The van der Waals surface area contributed by atoms with Crippen LogP contribution in [0, 0.1) is 17.0 Å². The van der Waals surface area contributed by atoms with Crippen LogP contribution in [0.1, 0.15) is 24.0 Å². The fourth-order valence-corrected chi connectivity index (χ4v) is 4.31. The summed E-state index contributed by atoms with van der Waals surface area (Å²) >= 11 is 0. The van der Waals surface area contributed by atoms with Gasteiger partial charge in [-0.3, -0.25) is 10.1 Å². The second-order valence-electron chi connectivity index (χ2n) is 5.97. The first-order valence-electron chi connectivity index (χ1n) is 7.70. The summed E-state index contributed by atoms with van der Waals surface area (Å²) in [5.41, 5.74) is 1.17. The molecular formula is C17H18N2O4S. The van der Waals surface area contributed by atoms with E-state index in [4.69, 9.17) is 0 Å². The molecule has 0 spiro atoms. The van der Waals surface area contributed by atoms with Gasteiger partial charge < -0.3 is 0 Å². The van der Waals surface area contributed by atoms with Crippen molar-refractivity contribution in [2.24, 2.45) is 0 Å². The van der Waals surface area contributed by atoms with Gasteiger partial charge in [-0.05, 0) is 31.4 Å². The van der Waals surface area contributed by atoms with Gasteiger partial charge in [0.1, 0.15) is 0 Å². The maximum Gasteiger partial charge on any atom is 0.273 e. The van der Waals surface area contributed by atoms with Crippen molar-refractivity contribution in [2.45, 2.75) is 37.2 Å². The number of nitrogens with zero attached hydrogens (tertiary/aromatic N) is 2. The van der Waals surface area contributed by atoms with Gasteiger partial charge in [0.25, 0.3) is 5.69 Å². The van der Waals surface area contributed by atoms with Crippen LogP contribution in [0.25, 0.3) is 0 Å². The van der Waals surface area contributed by atoms with Crippen molar-refractivity contribution >= 4 is 15.7 Å². The summed E-state index contributed by atoms with van der Waals surface area (Å²) < 4.78 is 27.5. The third-order valence-corrected chi connectivity index (χ3v) is 6.01. The summed E-state index contributed by atoms with van der Waals surface area (Å²) in [4.78, 5) is 10.5. The lowest BCUT2D eigenvalue weighted by atomic mass is 10.2. The predicted octanol–water partition coefficient (Wildman–Crippen LogP) is 3.26. The van der Waals surface area contributed by atoms with Gasteiger partial charge in [-0.2, -0.15) is 4.31 Å². The van der Waals surface area contributed by atoms with Crippen molar-refractivity contribution in [3.05, 3.63) is 69.8 Å². The lowest BCUT2D eigenvalue weighted by molar-refractivity contribution is -0.385. The summed E-state index contributed by atoms with van der Waals surface area (Å²) in [7, 11) is -3.78. The Hall–Kier alpha value is -2.25. The maximum absolute atomic E-state index is 13.0. The Bertz CT molecular complexity index is 861. The van der Waals surface area contributed by atoms with Gasteiger partial charge in [0.15, 0.2) is 0 Å². The van der Waals surface area contributed by atoms with Crippen LogP contribution in [0.3, 0.4) is 0 Å². The summed E-state index contributed by atoms with van der Waals surface area (Å²) in [6.45, 7) is 1.87. The van der Waals surface area contributed by atoms with Crippen molar-refractivity contribution in [1.82, 2.24) is 4.31 Å². The minimum Gasteiger partial charge on any atom is -0.258 e. The van der Waals surface area contributed by atoms with Crippen molar-refractivity contribution in [3.63, 3.8) is 0 Å². The zero-order valence-electron chi connectivity index (χ0n) is 13.3. The largest absolute Gasteiger partial charge is 0.273 e. The lowest BCUT2D eigenvalue weighted by Crippen LogP contribution is -2.32. The molecule has 1 aliphatic carbocycles. The Balaban J connectivity index is 1.98. The predicted molar refractivity (Wildman–Crippen MR) is 90.0 cm³/mol. The molecule has 0 aromatic heterocycles. The van der Waals surface area contributed by atoms with E-state index in [0.29, 0.717) is 5.56 Å². The van der Waals surface area contributed by atoms with Crippen LogP contribution in [0.2, 0.25) is 0 Å². The molecule has 0 bridgehead atoms. The Labute approximate surface area is 140 Å². The van der Waals surface area contributed by atoms with E-state index in [1.807, 2.05) is 30.3 Å². The third-order valence-electron chi connectivity index (χ3n) is 4.12. The van der Waals surface area contributed by atoms with Crippen LogP contribution in [0.5, 0.6) is 0 Å². The highest BCUT2D eigenvalue weighted by Gasteiger charge is 2.38. The van der Waals surface area contributed by atoms with Crippen LogP contribution in [-0.2, 0) is 16.6 Å². The topological polar surface area (TPSA) is 80.5 Å². The van der Waals surface area contributed by atoms with Gasteiger partial charge in [0.2, 0.25) is 10.0 Å². The molecule has 0 amide bonds. The highest BCUT2D eigenvalue weighted by molar-refractivity contribution is 7.89. The molecule has 0 radical (unpaired) electrons. The molecule has 6 nitrogen and oxygen atoms in total. The monoisotopic (exact) mass is 346 g/mol. The molecule has 2 aromatic carbocycles. The number of aryl methyl sites for hydroxylation is 1. The second-order valence-corrected chi connectivity index (χ2v) is 7.86. The van der Waals surface area contributed by atoms with Crippen LogP contribution >= 0.6 is 0 Å². The van der Waals surface area contributed by atoms with Crippen LogP contribution in [-0.4, -0.2) is 23.7 Å². The highest BCUT2D eigenvalue weighted by Crippen LogP contribution is 2.34. The molecule has 0 unspecified atom stereocenters. The SMILES string of the molecule is Cc1ccc(S(=O)(=O)N(Cc2ccccc2)C2CC2)cc1[N+](=O)[O-]. The first-order chi connectivity index (χ1) is 11.4. The summed E-state index contributed by atoms with van der Waals surface area (Å²) in [6.07, 6.45) is 1.64. The van der Waals surface area contributed by atoms with Gasteiger partial charge in [-0.15, -0.1) is 0 Å². The van der Waals surface area contributed by atoms with Crippen LogP contribution < -0.4 is 0 Å². The van der Waals surface area contributed by atoms with Gasteiger partial charge in [0, 0.05) is 24.2 Å². The molecule has 1 saturated carbocycles. The van der Waals surface area contributed by atoms with Crippen LogP contribution in [0.4, 0.5) is 5.69 Å². The molecule has 3 rings (SSSR count). The van der Waals surface area contributed by atoms with E-state index in [0.717, 1.165) is 24.5 Å². The van der Waals surface area contributed by atoms with Gasteiger partial charge >= 0.3 is 0 Å². The minimum atomic E-state index is -3.78. The molecular weight excluding hydrogens is 328 g/mol. The zero-order chi connectivity index (χ0) is 17.3. The van der Waals surface area contributed by atoms with E-state index >= 15 is 0 Å². The van der Waals surface area contributed by atoms with Gasteiger partial charge in [-0.1, -0.05) is 36.4 Å². The average Bonchev–Trinajstić information content (AvgIpc) is 3.38. The van der Waals surface area contributed by atoms with Crippen molar-refractivity contribution < 1.29 is 13.3 Å². The molecule has 0 aliphatic heterocycles. The van der Waals surface area contributed by atoms with Gasteiger partial charge in [0.05, 0.1) is 9.82 Å². The third kappa shape index (κ3) is 3.32. The Morgan fingerprint density at radius 3 is 2.42 bits per heavy atom. The first-order valence-corrected chi connectivity index (χ1v) is 9.14. The quantitative estimate of drug-likeness (QED) is 0.594. The van der Waals surface area contributed by atoms with E-state index in [2.05, 4.69) is 0 Å². The first kappa shape index (κ1) is 16.6. The van der Waals surface area contributed by atoms with Gasteiger partial charge in [-0.25, -0.2) is 8.42 Å². The molecule has 0 atom stereocenters. The molecule has 1 fully saturated rings. The van der Waals surface area contributed by atoms with E-state index in [-0.39, 0.29) is 23.2 Å².